The first kappa shape index (κ1) is 21.3. The van der Waals surface area contributed by atoms with Crippen LogP contribution >= 0.6 is 0 Å². The predicted octanol–water partition coefficient (Wildman–Crippen LogP) is 6.93. The highest BCUT2D eigenvalue weighted by Gasteiger charge is 2.51. The lowest BCUT2D eigenvalue weighted by atomic mass is 9.96. The van der Waals surface area contributed by atoms with Crippen LogP contribution in [0.1, 0.15) is 16.7 Å². The molecular formula is C34H26Si. The predicted molar refractivity (Wildman–Crippen MR) is 151 cm³/mol. The lowest BCUT2D eigenvalue weighted by Gasteiger charge is -2.45. The smallest absolute Gasteiger partial charge is 0.0623 e. The van der Waals surface area contributed by atoms with E-state index in [0.717, 1.165) is 0 Å². The van der Waals surface area contributed by atoms with Crippen molar-refractivity contribution >= 4 is 29.2 Å². The topological polar surface area (TPSA) is 0 Å². The van der Waals surface area contributed by atoms with Crippen molar-refractivity contribution in [2.45, 2.75) is 0 Å². The third-order valence-corrected chi connectivity index (χ3v) is 11.8. The molecule has 0 unspecified atom stereocenters. The first-order valence-electron chi connectivity index (χ1n) is 12.1. The Labute approximate surface area is 208 Å². The van der Waals surface area contributed by atoms with Crippen LogP contribution < -0.4 is 10.4 Å². The third-order valence-electron chi connectivity index (χ3n) is 6.99. The summed E-state index contributed by atoms with van der Waals surface area (Å²) in [6, 6.07) is 55.1. The van der Waals surface area contributed by atoms with Crippen molar-refractivity contribution in [1.82, 2.24) is 0 Å². The molecule has 35 heavy (non-hydrogen) atoms. The molecule has 1 aliphatic heterocycles. The molecule has 1 aliphatic rings. The molecular weight excluding hydrogens is 436 g/mol. The first-order chi connectivity index (χ1) is 17.4. The van der Waals surface area contributed by atoms with Gasteiger partial charge in [0.15, 0.2) is 8.07 Å². The zero-order valence-electron chi connectivity index (χ0n) is 19.5. The van der Waals surface area contributed by atoms with E-state index in [0.29, 0.717) is 0 Å². The average molecular weight is 463 g/mol. The molecule has 0 atom stereocenters. The zero-order valence-corrected chi connectivity index (χ0v) is 20.5. The maximum Gasteiger partial charge on any atom is 0.180 e. The van der Waals surface area contributed by atoms with E-state index >= 15 is 0 Å². The highest BCUT2D eigenvalue weighted by atomic mass is 28.3. The molecule has 0 saturated carbocycles. The largest absolute Gasteiger partial charge is 0.180 e. The number of benzene rings is 5. The Morgan fingerprint density at radius 2 is 0.771 bits per heavy atom. The summed E-state index contributed by atoms with van der Waals surface area (Å²) in [6.45, 7) is 0. The van der Waals surface area contributed by atoms with Crippen LogP contribution in [0.15, 0.2) is 163 Å². The van der Waals surface area contributed by atoms with Gasteiger partial charge in [0.25, 0.3) is 0 Å². The third kappa shape index (κ3) is 3.62. The Balaban J connectivity index is 1.76. The van der Waals surface area contributed by atoms with E-state index in [4.69, 9.17) is 0 Å². The molecule has 0 fully saturated rings. The molecule has 6 rings (SSSR count). The van der Waals surface area contributed by atoms with Gasteiger partial charge in [-0.2, -0.15) is 0 Å². The van der Waals surface area contributed by atoms with E-state index in [1.807, 2.05) is 0 Å². The van der Waals surface area contributed by atoms with Crippen molar-refractivity contribution in [3.05, 3.63) is 180 Å². The molecule has 1 heteroatoms. The number of rotatable bonds is 5. The Morgan fingerprint density at radius 1 is 0.400 bits per heavy atom. The Hall–Kier alpha value is -4.20. The summed E-state index contributed by atoms with van der Waals surface area (Å²) in [6.07, 6.45) is 2.47. The van der Waals surface area contributed by atoms with Crippen molar-refractivity contribution in [1.29, 1.82) is 0 Å². The van der Waals surface area contributed by atoms with Gasteiger partial charge in [-0.15, -0.1) is 0 Å². The fraction of sp³-hybridized carbons (Fsp3) is 0. The standard InChI is InChI=1S/C34H26Si/c1-6-16-27(17-7-1)32-26-33(34(28-18-8-2-9-19-28)29-20-10-3-11-21-29)35(32,30-22-12-4-13-23-30)31-24-14-5-15-25-31/h1-26H. The second-order valence-electron chi connectivity index (χ2n) is 8.93. The van der Waals surface area contributed by atoms with Crippen molar-refractivity contribution < 1.29 is 0 Å². The molecule has 0 spiro atoms. The Kier molecular flexibility index (Phi) is 5.61. The van der Waals surface area contributed by atoms with Gasteiger partial charge in [-0.05, 0) is 43.0 Å². The maximum absolute atomic E-state index is 2.48. The fourth-order valence-corrected chi connectivity index (χ4v) is 10.5. The van der Waals surface area contributed by atoms with E-state index in [1.165, 1.54) is 43.0 Å². The summed E-state index contributed by atoms with van der Waals surface area (Å²) in [5.74, 6) is 0. The van der Waals surface area contributed by atoms with E-state index in [1.54, 1.807) is 0 Å². The van der Waals surface area contributed by atoms with Crippen molar-refractivity contribution in [3.8, 4) is 0 Å². The minimum atomic E-state index is -2.48. The molecule has 5 aromatic rings. The van der Waals surface area contributed by atoms with Gasteiger partial charge in [0.2, 0.25) is 0 Å². The summed E-state index contributed by atoms with van der Waals surface area (Å²) in [4.78, 5) is 0. The number of hydrogen-bond acceptors (Lipinski definition) is 0. The van der Waals surface area contributed by atoms with Crippen LogP contribution in [0.4, 0.5) is 0 Å². The number of hydrogen-bond donors (Lipinski definition) is 0. The molecule has 1 heterocycles. The lowest BCUT2D eigenvalue weighted by Crippen LogP contribution is -2.65. The van der Waals surface area contributed by atoms with Gasteiger partial charge in [0.1, 0.15) is 0 Å². The molecule has 0 radical (unpaired) electrons. The first-order valence-corrected chi connectivity index (χ1v) is 14.1. The quantitative estimate of drug-likeness (QED) is 0.249. The zero-order chi connectivity index (χ0) is 23.5. The van der Waals surface area contributed by atoms with Gasteiger partial charge in [-0.25, -0.2) is 0 Å². The SMILES string of the molecule is C1=C(c2ccccc2)[Si](c2ccccc2)(c2ccccc2)C1=C(c1ccccc1)c1ccccc1. The maximum atomic E-state index is 2.47. The molecule has 0 amide bonds. The summed E-state index contributed by atoms with van der Waals surface area (Å²) in [5.41, 5.74) is 5.18. The van der Waals surface area contributed by atoms with Gasteiger partial charge in [-0.3, -0.25) is 0 Å². The van der Waals surface area contributed by atoms with E-state index in [2.05, 4.69) is 158 Å². The van der Waals surface area contributed by atoms with Crippen LogP contribution in [0.3, 0.4) is 0 Å². The van der Waals surface area contributed by atoms with Crippen LogP contribution in [0.25, 0.3) is 10.8 Å². The van der Waals surface area contributed by atoms with Gasteiger partial charge in [0, 0.05) is 0 Å². The molecule has 0 bridgehead atoms. The van der Waals surface area contributed by atoms with Crippen molar-refractivity contribution in [3.63, 3.8) is 0 Å². The van der Waals surface area contributed by atoms with Crippen LogP contribution in [-0.4, -0.2) is 8.07 Å². The fourth-order valence-electron chi connectivity index (χ4n) is 5.46. The summed E-state index contributed by atoms with van der Waals surface area (Å²) >= 11 is 0. The molecule has 5 aromatic carbocycles. The van der Waals surface area contributed by atoms with Gasteiger partial charge < -0.3 is 0 Å². The Bertz CT molecular complexity index is 1400. The summed E-state index contributed by atoms with van der Waals surface area (Å²) in [7, 11) is -2.48. The highest BCUT2D eigenvalue weighted by molar-refractivity contribution is 7.23. The number of allylic oxidation sites excluding steroid dienone is 2. The van der Waals surface area contributed by atoms with E-state index < -0.39 is 8.07 Å². The van der Waals surface area contributed by atoms with E-state index in [-0.39, 0.29) is 0 Å². The van der Waals surface area contributed by atoms with Gasteiger partial charge >= 0.3 is 0 Å². The van der Waals surface area contributed by atoms with Crippen LogP contribution in [0.2, 0.25) is 0 Å². The molecule has 166 valence electrons. The highest BCUT2D eigenvalue weighted by Crippen LogP contribution is 2.46. The van der Waals surface area contributed by atoms with E-state index in [9.17, 15) is 0 Å². The summed E-state index contributed by atoms with van der Waals surface area (Å²) < 4.78 is 0. The minimum Gasteiger partial charge on any atom is -0.0623 e. The summed E-state index contributed by atoms with van der Waals surface area (Å²) in [5, 5.41) is 5.78. The van der Waals surface area contributed by atoms with Crippen molar-refractivity contribution in [2.24, 2.45) is 0 Å². The normalized spacial score (nSPS) is 14.1. The second-order valence-corrected chi connectivity index (χ2v) is 12.7. The molecule has 0 N–H and O–H groups in total. The molecule has 0 aliphatic carbocycles. The van der Waals surface area contributed by atoms with Gasteiger partial charge in [0.05, 0.1) is 0 Å². The average Bonchev–Trinajstić information content (AvgIpc) is 2.94. The van der Waals surface area contributed by atoms with Crippen LogP contribution in [0, 0.1) is 0 Å². The van der Waals surface area contributed by atoms with Crippen LogP contribution in [-0.2, 0) is 0 Å². The monoisotopic (exact) mass is 462 g/mol. The molecule has 0 aromatic heterocycles. The molecule has 0 saturated heterocycles. The lowest BCUT2D eigenvalue weighted by molar-refractivity contribution is 1.51. The van der Waals surface area contributed by atoms with Gasteiger partial charge in [-0.1, -0.05) is 158 Å². The minimum absolute atomic E-state index is 1.26. The van der Waals surface area contributed by atoms with Crippen molar-refractivity contribution in [2.75, 3.05) is 0 Å². The second kappa shape index (κ2) is 9.21. The Morgan fingerprint density at radius 3 is 1.20 bits per heavy atom. The molecule has 0 nitrogen and oxygen atoms in total. The van der Waals surface area contributed by atoms with Crippen LogP contribution in [0.5, 0.6) is 0 Å².